The normalized spacial score (nSPS) is 21.8. The second kappa shape index (κ2) is 8.77. The topological polar surface area (TPSA) is 35.6 Å². The number of halogens is 2. The van der Waals surface area contributed by atoms with E-state index in [0.29, 0.717) is 24.7 Å². The van der Waals surface area contributed by atoms with Crippen LogP contribution in [0.15, 0.2) is 12.1 Å². The molecule has 1 aromatic rings. The fourth-order valence-corrected chi connectivity index (χ4v) is 5.55. The molecule has 30 heavy (non-hydrogen) atoms. The van der Waals surface area contributed by atoms with Gasteiger partial charge in [-0.3, -0.25) is 4.79 Å². The van der Waals surface area contributed by atoms with E-state index in [1.807, 2.05) is 0 Å². The highest BCUT2D eigenvalue weighted by Crippen LogP contribution is 2.41. The summed E-state index contributed by atoms with van der Waals surface area (Å²) in [5, 5.41) is 4.42. The molecule has 1 amide bonds. The minimum Gasteiger partial charge on any atom is -0.360 e. The SMILES string of the molecule is Cc1ccc(F)c(C(=O)N2CCC3(CC2)CCN(C(=S)NC2CCCCC2)C3)c1F. The monoisotopic (exact) mass is 435 g/mol. The van der Waals surface area contributed by atoms with E-state index in [4.69, 9.17) is 12.2 Å². The molecule has 0 bridgehead atoms. The number of thiocarbonyl (C=S) groups is 1. The van der Waals surface area contributed by atoms with Crippen molar-refractivity contribution in [3.63, 3.8) is 0 Å². The van der Waals surface area contributed by atoms with Crippen molar-refractivity contribution in [1.82, 2.24) is 15.1 Å². The van der Waals surface area contributed by atoms with Crippen LogP contribution in [0.5, 0.6) is 0 Å². The molecule has 1 N–H and O–H groups in total. The van der Waals surface area contributed by atoms with Crippen molar-refractivity contribution in [3.8, 4) is 0 Å². The van der Waals surface area contributed by atoms with Gasteiger partial charge in [0.25, 0.3) is 5.91 Å². The van der Waals surface area contributed by atoms with Crippen LogP contribution < -0.4 is 5.32 Å². The zero-order valence-corrected chi connectivity index (χ0v) is 18.5. The van der Waals surface area contributed by atoms with Gasteiger partial charge >= 0.3 is 0 Å². The molecule has 1 spiro atoms. The fraction of sp³-hybridized carbons (Fsp3) is 0.652. The molecule has 2 saturated heterocycles. The smallest absolute Gasteiger partial charge is 0.259 e. The largest absolute Gasteiger partial charge is 0.360 e. The Morgan fingerprint density at radius 3 is 2.37 bits per heavy atom. The van der Waals surface area contributed by atoms with Gasteiger partial charge in [-0.2, -0.15) is 0 Å². The molecule has 3 fully saturated rings. The lowest BCUT2D eigenvalue weighted by Gasteiger charge is -2.39. The molecule has 0 unspecified atom stereocenters. The average Bonchev–Trinajstić information content (AvgIpc) is 3.16. The number of amides is 1. The Morgan fingerprint density at radius 1 is 1.07 bits per heavy atom. The van der Waals surface area contributed by atoms with Crippen molar-refractivity contribution in [2.75, 3.05) is 26.2 Å². The van der Waals surface area contributed by atoms with Crippen molar-refractivity contribution < 1.29 is 13.6 Å². The first-order valence-corrected chi connectivity index (χ1v) is 11.6. The highest BCUT2D eigenvalue weighted by molar-refractivity contribution is 7.80. The third kappa shape index (κ3) is 4.32. The number of likely N-dealkylation sites (tertiary alicyclic amines) is 2. The van der Waals surface area contributed by atoms with Gasteiger partial charge in [0, 0.05) is 32.2 Å². The molecule has 0 radical (unpaired) electrons. The third-order valence-electron chi connectivity index (χ3n) is 7.27. The van der Waals surface area contributed by atoms with E-state index in [9.17, 15) is 13.6 Å². The Hall–Kier alpha value is -1.76. The summed E-state index contributed by atoms with van der Waals surface area (Å²) < 4.78 is 28.5. The molecular weight excluding hydrogens is 404 g/mol. The first-order chi connectivity index (χ1) is 14.4. The maximum atomic E-state index is 14.4. The Labute approximate surface area is 183 Å². The molecular formula is C23H31F2N3OS. The van der Waals surface area contributed by atoms with Gasteiger partial charge in [-0.1, -0.05) is 25.3 Å². The molecule has 2 aliphatic heterocycles. The van der Waals surface area contributed by atoms with Crippen LogP contribution in [-0.2, 0) is 0 Å². The van der Waals surface area contributed by atoms with Crippen LogP contribution in [0, 0.1) is 24.0 Å². The quantitative estimate of drug-likeness (QED) is 0.698. The summed E-state index contributed by atoms with van der Waals surface area (Å²) in [5.74, 6) is -2.06. The van der Waals surface area contributed by atoms with Crippen molar-refractivity contribution in [1.29, 1.82) is 0 Å². The van der Waals surface area contributed by atoms with Crippen molar-refractivity contribution in [2.45, 2.75) is 64.3 Å². The average molecular weight is 436 g/mol. The minimum absolute atomic E-state index is 0.138. The number of carbonyl (C=O) groups is 1. The number of aryl methyl sites for hydroxylation is 1. The van der Waals surface area contributed by atoms with E-state index in [-0.39, 0.29) is 5.41 Å². The molecule has 2 heterocycles. The van der Waals surface area contributed by atoms with Gasteiger partial charge in [0.2, 0.25) is 0 Å². The molecule has 164 valence electrons. The van der Waals surface area contributed by atoms with E-state index >= 15 is 0 Å². The van der Waals surface area contributed by atoms with Gasteiger partial charge in [0.1, 0.15) is 17.2 Å². The zero-order valence-electron chi connectivity index (χ0n) is 17.7. The molecule has 4 nitrogen and oxygen atoms in total. The Kier molecular flexibility index (Phi) is 6.28. The van der Waals surface area contributed by atoms with Crippen LogP contribution in [-0.4, -0.2) is 53.0 Å². The summed E-state index contributed by atoms with van der Waals surface area (Å²) in [5.41, 5.74) is 0.00851. The first-order valence-electron chi connectivity index (χ1n) is 11.2. The number of carbonyl (C=O) groups excluding carboxylic acids is 1. The fourth-order valence-electron chi connectivity index (χ4n) is 5.22. The van der Waals surface area contributed by atoms with Crippen LogP contribution in [0.4, 0.5) is 8.78 Å². The van der Waals surface area contributed by atoms with E-state index in [0.717, 1.165) is 37.5 Å². The van der Waals surface area contributed by atoms with Crippen LogP contribution in [0.3, 0.4) is 0 Å². The second-order valence-corrected chi connectivity index (χ2v) is 9.69. The lowest BCUT2D eigenvalue weighted by Crippen LogP contribution is -2.47. The Morgan fingerprint density at radius 2 is 1.70 bits per heavy atom. The van der Waals surface area contributed by atoms with Gasteiger partial charge in [-0.25, -0.2) is 8.78 Å². The van der Waals surface area contributed by atoms with E-state index < -0.39 is 23.1 Å². The highest BCUT2D eigenvalue weighted by atomic mass is 32.1. The molecule has 7 heteroatoms. The maximum Gasteiger partial charge on any atom is 0.259 e. The standard InChI is InChI=1S/C23H31F2N3OS/c1-16-7-8-18(24)19(20(16)25)21(29)27-12-9-23(10-13-27)11-14-28(15-23)22(30)26-17-5-3-2-4-6-17/h7-8,17H,2-6,9-15H2,1H3,(H,26,30). The number of nitrogens with one attached hydrogen (secondary N) is 1. The van der Waals surface area contributed by atoms with Gasteiger partial charge in [-0.05, 0) is 68.3 Å². The summed E-state index contributed by atoms with van der Waals surface area (Å²) in [6, 6.07) is 3.04. The molecule has 3 aliphatic rings. The zero-order chi connectivity index (χ0) is 21.3. The second-order valence-electron chi connectivity index (χ2n) is 9.30. The van der Waals surface area contributed by atoms with Crippen LogP contribution in [0.1, 0.15) is 67.3 Å². The van der Waals surface area contributed by atoms with E-state index in [1.54, 1.807) is 11.8 Å². The molecule has 1 aliphatic carbocycles. The first kappa shape index (κ1) is 21.5. The van der Waals surface area contributed by atoms with E-state index in [2.05, 4.69) is 10.2 Å². The lowest BCUT2D eigenvalue weighted by molar-refractivity contribution is 0.0589. The number of benzene rings is 1. The van der Waals surface area contributed by atoms with Crippen molar-refractivity contribution in [3.05, 3.63) is 34.9 Å². The lowest BCUT2D eigenvalue weighted by atomic mass is 9.77. The molecule has 1 aromatic carbocycles. The summed E-state index contributed by atoms with van der Waals surface area (Å²) in [6.07, 6.45) is 9.00. The van der Waals surface area contributed by atoms with Crippen molar-refractivity contribution in [2.24, 2.45) is 5.41 Å². The maximum absolute atomic E-state index is 14.4. The van der Waals surface area contributed by atoms with Crippen LogP contribution in [0.2, 0.25) is 0 Å². The van der Waals surface area contributed by atoms with Gasteiger partial charge in [0.15, 0.2) is 5.11 Å². The number of rotatable bonds is 2. The van der Waals surface area contributed by atoms with Crippen LogP contribution in [0.25, 0.3) is 0 Å². The number of nitrogens with zero attached hydrogens (tertiary/aromatic N) is 2. The Balaban J connectivity index is 1.34. The molecule has 4 rings (SSSR count). The van der Waals surface area contributed by atoms with Gasteiger partial charge < -0.3 is 15.1 Å². The summed E-state index contributed by atoms with van der Waals surface area (Å²) in [7, 11) is 0. The van der Waals surface area contributed by atoms with Crippen molar-refractivity contribution >= 4 is 23.2 Å². The molecule has 0 atom stereocenters. The number of hydrogen-bond acceptors (Lipinski definition) is 2. The van der Waals surface area contributed by atoms with Gasteiger partial charge in [0.05, 0.1) is 0 Å². The summed E-state index contributed by atoms with van der Waals surface area (Å²) >= 11 is 5.68. The molecule has 0 aromatic heterocycles. The van der Waals surface area contributed by atoms with Gasteiger partial charge in [-0.15, -0.1) is 0 Å². The predicted octanol–water partition coefficient (Wildman–Crippen LogP) is 4.41. The summed E-state index contributed by atoms with van der Waals surface area (Å²) in [6.45, 7) is 4.45. The minimum atomic E-state index is -0.783. The summed E-state index contributed by atoms with van der Waals surface area (Å²) in [4.78, 5) is 16.7. The highest BCUT2D eigenvalue weighted by Gasteiger charge is 2.42. The van der Waals surface area contributed by atoms with Crippen LogP contribution >= 0.6 is 12.2 Å². The number of piperidine rings is 1. The van der Waals surface area contributed by atoms with E-state index in [1.165, 1.54) is 44.2 Å². The predicted molar refractivity (Wildman–Crippen MR) is 117 cm³/mol. The number of hydrogen-bond donors (Lipinski definition) is 1. The third-order valence-corrected chi connectivity index (χ3v) is 7.64. The molecule has 1 saturated carbocycles. The Bertz CT molecular complexity index is 817.